The Morgan fingerprint density at radius 2 is 2.16 bits per heavy atom. The molecule has 0 aliphatic rings. The normalized spacial score (nSPS) is 10.5. The first-order chi connectivity index (χ1) is 9.08. The van der Waals surface area contributed by atoms with Gasteiger partial charge < -0.3 is 19.8 Å². The first-order valence-corrected chi connectivity index (χ1v) is 6.06. The zero-order chi connectivity index (χ0) is 14.3. The van der Waals surface area contributed by atoms with Crippen molar-refractivity contribution in [2.75, 3.05) is 38.1 Å². The van der Waals surface area contributed by atoms with Crippen LogP contribution in [0, 0.1) is 10.1 Å². The number of nitrogens with zero attached hydrogens (tertiary/aromatic N) is 4. The third-order valence-electron chi connectivity index (χ3n) is 2.89. The van der Waals surface area contributed by atoms with Gasteiger partial charge in [0.25, 0.3) is 0 Å². The van der Waals surface area contributed by atoms with E-state index in [9.17, 15) is 14.9 Å². The average Bonchev–Trinajstić information content (AvgIpc) is 2.43. The van der Waals surface area contributed by atoms with E-state index in [-0.39, 0.29) is 5.82 Å². The number of aldehydes is 1. The summed E-state index contributed by atoms with van der Waals surface area (Å²) in [7, 11) is 1.89. The second-order valence-corrected chi connectivity index (χ2v) is 4.11. The number of nitro groups is 1. The van der Waals surface area contributed by atoms with Gasteiger partial charge in [-0.2, -0.15) is 0 Å². The van der Waals surface area contributed by atoms with Gasteiger partial charge in [0, 0.05) is 26.2 Å². The molecule has 0 unspecified atom stereocenters. The Morgan fingerprint density at radius 1 is 1.42 bits per heavy atom. The van der Waals surface area contributed by atoms with Crippen molar-refractivity contribution in [2.24, 2.45) is 0 Å². The molecule has 0 atom stereocenters. The second-order valence-electron chi connectivity index (χ2n) is 4.11. The van der Waals surface area contributed by atoms with Gasteiger partial charge in [-0.3, -0.25) is 4.90 Å². The number of carbonyl (C=O) groups excluding carboxylic acids is 1. The lowest BCUT2D eigenvalue weighted by Gasteiger charge is -2.23. The number of pyridine rings is 1. The zero-order valence-corrected chi connectivity index (χ0v) is 11.2. The van der Waals surface area contributed by atoms with Crippen LogP contribution < -0.4 is 4.90 Å². The van der Waals surface area contributed by atoms with Gasteiger partial charge in [0.2, 0.25) is 0 Å². The fraction of sp³-hybridized carbons (Fsp3) is 0.500. The number of likely N-dealkylation sites (N-methyl/N-ethyl adjacent to an activating group) is 2. The molecule has 1 rings (SSSR count). The van der Waals surface area contributed by atoms with Gasteiger partial charge in [-0.05, 0) is 22.5 Å². The Bertz CT molecular complexity index is 421. The summed E-state index contributed by atoms with van der Waals surface area (Å²) in [5.74, 6) is -0.159. The second kappa shape index (κ2) is 7.42. The molecule has 0 N–H and O–H groups in total. The first kappa shape index (κ1) is 15.0. The topological polar surface area (TPSA) is 79.6 Å². The van der Waals surface area contributed by atoms with Crippen molar-refractivity contribution >= 4 is 17.8 Å². The van der Waals surface area contributed by atoms with Crippen LogP contribution in [0.15, 0.2) is 18.3 Å². The fourth-order valence-electron chi connectivity index (χ4n) is 1.62. The standard InChI is InChI=1S/C12H18N4O3/c1-3-15(8-9-17)7-6-14(2)11-4-5-12(13-10-11)16(18)19/h4-5,9-10H,3,6-8H2,1-2H3. The van der Waals surface area contributed by atoms with Crippen LogP contribution in [0.4, 0.5) is 11.5 Å². The molecular formula is C12H18N4O3. The van der Waals surface area contributed by atoms with Crippen LogP contribution >= 0.6 is 0 Å². The van der Waals surface area contributed by atoms with Crippen LogP contribution in [0.2, 0.25) is 0 Å². The highest BCUT2D eigenvalue weighted by atomic mass is 16.6. The van der Waals surface area contributed by atoms with Crippen molar-refractivity contribution in [3.63, 3.8) is 0 Å². The molecule has 1 heterocycles. The molecule has 0 amide bonds. The Balaban J connectivity index is 2.55. The van der Waals surface area contributed by atoms with Gasteiger partial charge in [-0.15, -0.1) is 0 Å². The zero-order valence-electron chi connectivity index (χ0n) is 11.2. The maximum absolute atomic E-state index is 10.5. The van der Waals surface area contributed by atoms with Crippen LogP contribution in [-0.2, 0) is 4.79 Å². The lowest BCUT2D eigenvalue weighted by Crippen LogP contribution is -2.34. The van der Waals surface area contributed by atoms with Crippen LogP contribution in [0.3, 0.4) is 0 Å². The van der Waals surface area contributed by atoms with Crippen molar-refractivity contribution < 1.29 is 9.72 Å². The third kappa shape index (κ3) is 4.63. The molecule has 104 valence electrons. The highest BCUT2D eigenvalue weighted by Crippen LogP contribution is 2.14. The first-order valence-electron chi connectivity index (χ1n) is 6.06. The molecule has 0 fully saturated rings. The molecule has 0 aliphatic heterocycles. The number of hydrogen-bond acceptors (Lipinski definition) is 6. The number of carbonyl (C=O) groups is 1. The summed E-state index contributed by atoms with van der Waals surface area (Å²) in [6.07, 6.45) is 2.37. The van der Waals surface area contributed by atoms with E-state index < -0.39 is 4.92 Å². The molecule has 0 saturated carbocycles. The van der Waals surface area contributed by atoms with E-state index in [1.54, 1.807) is 6.07 Å². The van der Waals surface area contributed by atoms with Crippen LogP contribution in [0.25, 0.3) is 0 Å². The fourth-order valence-corrected chi connectivity index (χ4v) is 1.62. The van der Waals surface area contributed by atoms with E-state index >= 15 is 0 Å². The molecule has 1 aromatic heterocycles. The SMILES string of the molecule is CCN(CC=O)CCN(C)c1ccc([N+](=O)[O-])nc1. The van der Waals surface area contributed by atoms with Gasteiger partial charge >= 0.3 is 5.82 Å². The summed E-state index contributed by atoms with van der Waals surface area (Å²) < 4.78 is 0. The molecule has 7 heteroatoms. The number of hydrogen-bond donors (Lipinski definition) is 0. The lowest BCUT2D eigenvalue weighted by atomic mass is 10.3. The summed E-state index contributed by atoms with van der Waals surface area (Å²) in [5.41, 5.74) is 0.813. The van der Waals surface area contributed by atoms with Gasteiger partial charge in [-0.25, -0.2) is 0 Å². The minimum absolute atomic E-state index is 0.159. The van der Waals surface area contributed by atoms with Crippen LogP contribution in [0.5, 0.6) is 0 Å². The highest BCUT2D eigenvalue weighted by molar-refractivity contribution is 5.52. The molecule has 0 aliphatic carbocycles. The lowest BCUT2D eigenvalue weighted by molar-refractivity contribution is -0.389. The van der Waals surface area contributed by atoms with Crippen molar-refractivity contribution in [1.29, 1.82) is 0 Å². The Hall–Kier alpha value is -2.02. The van der Waals surface area contributed by atoms with E-state index in [2.05, 4.69) is 4.98 Å². The van der Waals surface area contributed by atoms with Crippen molar-refractivity contribution in [3.8, 4) is 0 Å². The molecule has 0 saturated heterocycles. The van der Waals surface area contributed by atoms with Crippen LogP contribution in [-0.4, -0.2) is 54.3 Å². The van der Waals surface area contributed by atoms with Crippen molar-refractivity contribution in [3.05, 3.63) is 28.4 Å². The maximum atomic E-state index is 10.5. The Kier molecular flexibility index (Phi) is 5.87. The summed E-state index contributed by atoms with van der Waals surface area (Å²) in [6.45, 7) is 4.70. The average molecular weight is 266 g/mol. The summed E-state index contributed by atoms with van der Waals surface area (Å²) in [5, 5.41) is 10.5. The number of aromatic nitrogens is 1. The Labute approximate surface area is 112 Å². The number of rotatable bonds is 8. The summed E-state index contributed by atoms with van der Waals surface area (Å²) >= 11 is 0. The molecular weight excluding hydrogens is 248 g/mol. The minimum Gasteiger partial charge on any atom is -0.370 e. The monoisotopic (exact) mass is 266 g/mol. The van der Waals surface area contributed by atoms with E-state index in [0.29, 0.717) is 6.54 Å². The van der Waals surface area contributed by atoms with E-state index in [1.165, 1.54) is 12.3 Å². The Morgan fingerprint density at radius 3 is 2.63 bits per heavy atom. The third-order valence-corrected chi connectivity index (χ3v) is 2.89. The van der Waals surface area contributed by atoms with E-state index in [0.717, 1.165) is 31.6 Å². The minimum atomic E-state index is -0.521. The van der Waals surface area contributed by atoms with Crippen LogP contribution in [0.1, 0.15) is 6.92 Å². The van der Waals surface area contributed by atoms with Crippen molar-refractivity contribution in [2.45, 2.75) is 6.92 Å². The molecule has 0 spiro atoms. The van der Waals surface area contributed by atoms with Gasteiger partial charge in [0.05, 0.1) is 12.2 Å². The summed E-state index contributed by atoms with van der Waals surface area (Å²) in [6, 6.07) is 3.05. The van der Waals surface area contributed by atoms with E-state index in [1.807, 2.05) is 23.8 Å². The van der Waals surface area contributed by atoms with Gasteiger partial charge in [0.15, 0.2) is 6.20 Å². The molecule has 19 heavy (non-hydrogen) atoms. The molecule has 7 nitrogen and oxygen atoms in total. The summed E-state index contributed by atoms with van der Waals surface area (Å²) in [4.78, 5) is 28.2. The maximum Gasteiger partial charge on any atom is 0.363 e. The van der Waals surface area contributed by atoms with E-state index in [4.69, 9.17) is 0 Å². The highest BCUT2D eigenvalue weighted by Gasteiger charge is 2.10. The molecule has 0 bridgehead atoms. The largest absolute Gasteiger partial charge is 0.370 e. The molecule has 0 radical (unpaired) electrons. The smallest absolute Gasteiger partial charge is 0.363 e. The number of anilines is 1. The van der Waals surface area contributed by atoms with Crippen molar-refractivity contribution in [1.82, 2.24) is 9.88 Å². The quantitative estimate of drug-likeness (QED) is 0.396. The van der Waals surface area contributed by atoms with Gasteiger partial charge in [-0.1, -0.05) is 6.92 Å². The predicted octanol–water partition coefficient (Wildman–Crippen LogP) is 0.947. The molecule has 1 aromatic rings. The predicted molar refractivity (Wildman–Crippen MR) is 72.3 cm³/mol. The molecule has 0 aromatic carbocycles. The van der Waals surface area contributed by atoms with Gasteiger partial charge in [0.1, 0.15) is 6.29 Å².